The summed E-state index contributed by atoms with van der Waals surface area (Å²) in [5, 5.41) is 0. The van der Waals surface area contributed by atoms with E-state index in [4.69, 9.17) is 0 Å². The van der Waals surface area contributed by atoms with Crippen molar-refractivity contribution in [3.63, 3.8) is 0 Å². The predicted molar refractivity (Wildman–Crippen MR) is 55.1 cm³/mol. The quantitative estimate of drug-likeness (QED) is 0.470. The summed E-state index contributed by atoms with van der Waals surface area (Å²) in [6.45, 7) is 0. The first kappa shape index (κ1) is 13.8. The van der Waals surface area contributed by atoms with Gasteiger partial charge in [0.05, 0.1) is 0 Å². The van der Waals surface area contributed by atoms with Crippen molar-refractivity contribution in [2.24, 2.45) is 0 Å². The van der Waals surface area contributed by atoms with Gasteiger partial charge in [0.25, 0.3) is 0 Å². The molecule has 0 fully saturated rings. The fourth-order valence-electron chi connectivity index (χ4n) is 1.61. The fourth-order valence-corrected chi connectivity index (χ4v) is 4.68. The number of fused-ring (bicyclic) bond motifs is 1. The van der Waals surface area contributed by atoms with Crippen molar-refractivity contribution in [1.82, 2.24) is 0 Å². The van der Waals surface area contributed by atoms with E-state index in [1.165, 1.54) is 6.07 Å². The Morgan fingerprint density at radius 3 is 1.94 bits per heavy atom. The van der Waals surface area contributed by atoms with Crippen molar-refractivity contribution in [3.8, 4) is 0 Å². The molecule has 18 heavy (non-hydrogen) atoms. The minimum absolute atomic E-state index is 0.601. The van der Waals surface area contributed by atoms with Crippen LogP contribution >= 0.6 is 20.8 Å². The number of benzene rings is 1. The maximum atomic E-state index is 13.4. The first-order chi connectivity index (χ1) is 8.11. The van der Waals surface area contributed by atoms with E-state index in [1.54, 1.807) is 0 Å². The van der Waals surface area contributed by atoms with E-state index >= 15 is 0 Å². The molecule has 0 radical (unpaired) electrons. The van der Waals surface area contributed by atoms with Gasteiger partial charge < -0.3 is 0 Å². The summed E-state index contributed by atoms with van der Waals surface area (Å²) < 4.78 is 93.3. The third-order valence-electron chi connectivity index (χ3n) is 2.40. The summed E-state index contributed by atoms with van der Waals surface area (Å²) in [5.41, 5.74) is -5.71. The van der Waals surface area contributed by atoms with Crippen LogP contribution in [0.5, 0.6) is 0 Å². The van der Waals surface area contributed by atoms with E-state index in [0.717, 1.165) is 12.1 Å². The molecule has 1 nitrogen and oxygen atoms in total. The summed E-state index contributed by atoms with van der Waals surface area (Å²) in [6.07, 6.45) is -11.5. The van der Waals surface area contributed by atoms with Gasteiger partial charge in [0, 0.05) is 0 Å². The van der Waals surface area contributed by atoms with Crippen LogP contribution in [0.15, 0.2) is 24.3 Å². The Morgan fingerprint density at radius 2 is 1.44 bits per heavy atom. The van der Waals surface area contributed by atoms with Gasteiger partial charge in [-0.3, -0.25) is 0 Å². The summed E-state index contributed by atoms with van der Waals surface area (Å²) in [7, 11) is 0. The zero-order valence-corrected chi connectivity index (χ0v) is 10.4. The second-order valence-electron chi connectivity index (χ2n) is 3.44. The van der Waals surface area contributed by atoms with E-state index in [2.05, 4.69) is 3.07 Å². The summed E-state index contributed by atoms with van der Waals surface area (Å²) in [5.74, 6) is 0. The molecule has 0 saturated carbocycles. The molecule has 1 heterocycles. The molecule has 0 spiro atoms. The van der Waals surface area contributed by atoms with Crippen molar-refractivity contribution in [2.45, 2.75) is 18.0 Å². The molecule has 2 rings (SSSR count). The maximum absolute atomic E-state index is 13.4. The van der Waals surface area contributed by atoms with Crippen LogP contribution < -0.4 is 0 Å². The molecule has 102 valence electrons. The molecule has 1 aromatic rings. The average Bonchev–Trinajstić information content (AvgIpc) is 2.52. The topological polar surface area (TPSA) is 9.23 Å². The van der Waals surface area contributed by atoms with Crippen molar-refractivity contribution >= 4 is 20.8 Å². The molecule has 0 N–H and O–H groups in total. The standard InChI is InChI=1S/C9H4F7IO/c10-8(11,12)7(9(13,14)15)5-3-1-2-4-6(5)17(16)18-7/h1-4H. The monoisotopic (exact) mass is 388 g/mol. The zero-order valence-electron chi connectivity index (χ0n) is 8.24. The van der Waals surface area contributed by atoms with Crippen molar-refractivity contribution in [3.05, 3.63) is 33.4 Å². The number of alkyl halides is 6. The van der Waals surface area contributed by atoms with Gasteiger partial charge >= 0.3 is 104 Å². The van der Waals surface area contributed by atoms with E-state index < -0.39 is 47.9 Å². The molecular formula is C9H4F7IO. The molecule has 0 unspecified atom stereocenters. The van der Waals surface area contributed by atoms with Gasteiger partial charge in [-0.25, -0.2) is 0 Å². The number of rotatable bonds is 0. The first-order valence-electron chi connectivity index (χ1n) is 4.40. The predicted octanol–water partition coefficient (Wildman–Crippen LogP) is 4.51. The Morgan fingerprint density at radius 1 is 0.944 bits per heavy atom. The third kappa shape index (κ3) is 1.70. The molecule has 0 amide bonds. The average molecular weight is 388 g/mol. The van der Waals surface area contributed by atoms with Crippen molar-refractivity contribution in [2.75, 3.05) is 0 Å². The van der Waals surface area contributed by atoms with Crippen LogP contribution in [-0.4, -0.2) is 12.4 Å². The van der Waals surface area contributed by atoms with Crippen LogP contribution in [0.2, 0.25) is 0 Å². The summed E-state index contributed by atoms with van der Waals surface area (Å²) >= 11 is -4.40. The van der Waals surface area contributed by atoms with Gasteiger partial charge in [0.2, 0.25) is 0 Å². The van der Waals surface area contributed by atoms with Gasteiger partial charge in [-0.05, 0) is 0 Å². The Hall–Kier alpha value is -0.580. The van der Waals surface area contributed by atoms with Crippen molar-refractivity contribution in [1.29, 1.82) is 0 Å². The molecule has 1 aromatic carbocycles. The van der Waals surface area contributed by atoms with Gasteiger partial charge in [-0.1, -0.05) is 0 Å². The van der Waals surface area contributed by atoms with Crippen LogP contribution in [0.3, 0.4) is 0 Å². The van der Waals surface area contributed by atoms with Crippen LogP contribution in [0, 0.1) is 3.57 Å². The molecule has 0 aromatic heterocycles. The van der Waals surface area contributed by atoms with E-state index in [9.17, 15) is 29.2 Å². The number of halogens is 8. The first-order valence-corrected chi connectivity index (χ1v) is 7.18. The molecule has 1 aliphatic heterocycles. The third-order valence-corrected chi connectivity index (χ3v) is 5.30. The van der Waals surface area contributed by atoms with Crippen LogP contribution in [0.25, 0.3) is 0 Å². The number of hydrogen-bond donors (Lipinski definition) is 0. The van der Waals surface area contributed by atoms with E-state index in [1.807, 2.05) is 0 Å². The Labute approximate surface area is 105 Å². The minimum atomic E-state index is -5.76. The fraction of sp³-hybridized carbons (Fsp3) is 0.333. The molecule has 0 bridgehead atoms. The summed E-state index contributed by atoms with van der Waals surface area (Å²) in [6, 6.07) is 3.67. The Kier molecular flexibility index (Phi) is 3.04. The molecular weight excluding hydrogens is 384 g/mol. The molecule has 0 saturated heterocycles. The number of hydrogen-bond acceptors (Lipinski definition) is 1. The van der Waals surface area contributed by atoms with Crippen LogP contribution in [0.4, 0.5) is 29.2 Å². The molecule has 0 aliphatic carbocycles. The SMILES string of the molecule is FI1OC(C(F)(F)F)(C(F)(F)F)c2ccccc21. The van der Waals surface area contributed by atoms with E-state index in [-0.39, 0.29) is 0 Å². The van der Waals surface area contributed by atoms with Gasteiger partial charge in [-0.2, -0.15) is 0 Å². The summed E-state index contributed by atoms with van der Waals surface area (Å²) in [4.78, 5) is 0. The second-order valence-corrected chi connectivity index (χ2v) is 6.22. The van der Waals surface area contributed by atoms with Crippen LogP contribution in [0.1, 0.15) is 5.56 Å². The van der Waals surface area contributed by atoms with Gasteiger partial charge in [0.15, 0.2) is 0 Å². The molecule has 0 atom stereocenters. The van der Waals surface area contributed by atoms with E-state index in [0.29, 0.717) is 6.07 Å². The molecule has 9 heteroatoms. The van der Waals surface area contributed by atoms with Crippen molar-refractivity contribution < 1.29 is 32.3 Å². The Bertz CT molecular complexity index is 453. The Balaban J connectivity index is 2.74. The van der Waals surface area contributed by atoms with Gasteiger partial charge in [-0.15, -0.1) is 0 Å². The molecule has 1 aliphatic rings. The van der Waals surface area contributed by atoms with Crippen LogP contribution in [-0.2, 0) is 8.67 Å². The van der Waals surface area contributed by atoms with Gasteiger partial charge in [0.1, 0.15) is 0 Å². The normalized spacial score (nSPS) is 20.9. The second kappa shape index (κ2) is 3.95. The zero-order chi connectivity index (χ0) is 13.8.